The molecule has 1 aromatic rings. The smallest absolute Gasteiger partial charge is 0.435 e. The van der Waals surface area contributed by atoms with Crippen LogP contribution in [0.25, 0.3) is 0 Å². The first-order chi connectivity index (χ1) is 10.2. The molecule has 0 bridgehead atoms. The van der Waals surface area contributed by atoms with Gasteiger partial charge in [-0.3, -0.25) is 0 Å². The maximum atomic E-state index is 12.9. The number of rotatable bonds is 2. The van der Waals surface area contributed by atoms with Crippen molar-refractivity contribution in [2.75, 3.05) is 18.0 Å². The molecule has 1 spiro atoms. The van der Waals surface area contributed by atoms with E-state index in [4.69, 9.17) is 0 Å². The van der Waals surface area contributed by atoms with E-state index < -0.39 is 23.4 Å². The van der Waals surface area contributed by atoms with Crippen LogP contribution in [-0.2, 0) is 6.18 Å². The third-order valence-electron chi connectivity index (χ3n) is 4.76. The predicted octanol–water partition coefficient (Wildman–Crippen LogP) is 2.88. The van der Waals surface area contributed by atoms with E-state index >= 15 is 0 Å². The lowest BCUT2D eigenvalue weighted by atomic mass is 9.93. The predicted molar refractivity (Wildman–Crippen MR) is 71.8 cm³/mol. The van der Waals surface area contributed by atoms with Gasteiger partial charge < -0.3 is 10.0 Å². The monoisotopic (exact) mass is 315 g/mol. The maximum Gasteiger partial charge on any atom is 0.435 e. The van der Waals surface area contributed by atoms with E-state index in [1.165, 1.54) is 12.8 Å². The highest BCUT2D eigenvalue weighted by molar-refractivity contribution is 5.95. The summed E-state index contributed by atoms with van der Waals surface area (Å²) in [5.74, 6) is -1.35. The third kappa shape index (κ3) is 2.50. The van der Waals surface area contributed by atoms with Gasteiger partial charge in [0.05, 0.1) is 0 Å². The van der Waals surface area contributed by atoms with E-state index in [2.05, 4.69) is 10.2 Å². The number of carboxylic acid groups (broad SMARTS) is 1. The maximum absolute atomic E-state index is 12.9. The zero-order valence-corrected chi connectivity index (χ0v) is 12.1. The first kappa shape index (κ1) is 15.1. The quantitative estimate of drug-likeness (QED) is 0.909. The largest absolute Gasteiger partial charge is 0.478 e. The Bertz CT molecular complexity index is 616. The Kier molecular flexibility index (Phi) is 3.30. The highest BCUT2D eigenvalue weighted by Gasteiger charge is 2.45. The number of alkyl halides is 3. The molecule has 22 heavy (non-hydrogen) atoms. The van der Waals surface area contributed by atoms with Crippen LogP contribution in [0.15, 0.2) is 0 Å². The molecule has 0 radical (unpaired) electrons. The molecule has 1 N–H and O–H groups in total. The molecular formula is C14H16F3N3O2. The van der Waals surface area contributed by atoms with Gasteiger partial charge in [-0.2, -0.15) is 13.2 Å². The molecule has 2 aliphatic rings. The van der Waals surface area contributed by atoms with Gasteiger partial charge in [0, 0.05) is 18.7 Å². The molecule has 5 nitrogen and oxygen atoms in total. The van der Waals surface area contributed by atoms with Gasteiger partial charge in [-0.15, -0.1) is 10.2 Å². The minimum Gasteiger partial charge on any atom is -0.478 e. The molecule has 0 amide bonds. The van der Waals surface area contributed by atoms with Crippen LogP contribution in [0.1, 0.15) is 47.3 Å². The molecule has 1 aromatic heterocycles. The Morgan fingerprint density at radius 3 is 2.23 bits per heavy atom. The minimum atomic E-state index is -4.71. The number of aromatic carboxylic acids is 1. The van der Waals surface area contributed by atoms with Gasteiger partial charge in [0.15, 0.2) is 11.5 Å². The average molecular weight is 315 g/mol. The zero-order valence-electron chi connectivity index (χ0n) is 12.1. The SMILES string of the molecule is Cc1c(C(F)(F)F)nnc(N2CCC3(CC2)CC3)c1C(=O)O. The van der Waals surface area contributed by atoms with E-state index in [9.17, 15) is 23.1 Å². The summed E-state index contributed by atoms with van der Waals surface area (Å²) in [7, 11) is 0. The number of hydrogen-bond donors (Lipinski definition) is 1. The van der Waals surface area contributed by atoms with Gasteiger partial charge in [-0.05, 0) is 38.0 Å². The van der Waals surface area contributed by atoms with Crippen LogP contribution in [0.4, 0.5) is 19.0 Å². The van der Waals surface area contributed by atoms with E-state index in [1.807, 2.05) is 0 Å². The molecule has 0 aromatic carbocycles. The summed E-state index contributed by atoms with van der Waals surface area (Å²) in [5, 5.41) is 16.2. The van der Waals surface area contributed by atoms with Crippen LogP contribution < -0.4 is 4.90 Å². The van der Waals surface area contributed by atoms with Gasteiger partial charge in [0.2, 0.25) is 0 Å². The normalized spacial score (nSPS) is 20.3. The molecule has 2 heterocycles. The van der Waals surface area contributed by atoms with Crippen LogP contribution in [0.2, 0.25) is 0 Å². The number of hydrogen-bond acceptors (Lipinski definition) is 4. The van der Waals surface area contributed by atoms with Crippen molar-refractivity contribution in [2.45, 2.75) is 38.8 Å². The van der Waals surface area contributed by atoms with E-state index in [1.54, 1.807) is 4.90 Å². The van der Waals surface area contributed by atoms with Crippen molar-refractivity contribution in [3.63, 3.8) is 0 Å². The second kappa shape index (κ2) is 4.82. The highest BCUT2D eigenvalue weighted by atomic mass is 19.4. The summed E-state index contributed by atoms with van der Waals surface area (Å²) >= 11 is 0. The Morgan fingerprint density at radius 2 is 1.77 bits per heavy atom. The summed E-state index contributed by atoms with van der Waals surface area (Å²) < 4.78 is 38.6. The van der Waals surface area contributed by atoms with E-state index in [0.29, 0.717) is 18.5 Å². The second-order valence-electron chi connectivity index (χ2n) is 6.16. The number of piperidine rings is 1. The lowest BCUT2D eigenvalue weighted by Gasteiger charge is -2.33. The molecule has 1 aliphatic carbocycles. The van der Waals surface area contributed by atoms with Crippen LogP contribution in [0.3, 0.4) is 0 Å². The van der Waals surface area contributed by atoms with Crippen molar-refractivity contribution in [2.24, 2.45) is 5.41 Å². The zero-order chi connectivity index (χ0) is 16.1. The molecule has 8 heteroatoms. The first-order valence-corrected chi connectivity index (χ1v) is 7.16. The molecule has 0 unspecified atom stereocenters. The lowest BCUT2D eigenvalue weighted by molar-refractivity contribution is -0.142. The Morgan fingerprint density at radius 1 is 1.18 bits per heavy atom. The lowest BCUT2D eigenvalue weighted by Crippen LogP contribution is -2.36. The molecule has 2 fully saturated rings. The number of carbonyl (C=O) groups is 1. The minimum absolute atomic E-state index is 0.0495. The van der Waals surface area contributed by atoms with Crippen LogP contribution >= 0.6 is 0 Å². The molecule has 1 saturated heterocycles. The van der Waals surface area contributed by atoms with Gasteiger partial charge in [-0.25, -0.2) is 4.79 Å². The summed E-state index contributed by atoms with van der Waals surface area (Å²) in [6.07, 6.45) is -0.490. The number of nitrogens with zero attached hydrogens (tertiary/aromatic N) is 3. The highest BCUT2D eigenvalue weighted by Crippen LogP contribution is 2.54. The average Bonchev–Trinajstić information content (AvgIpc) is 3.17. The number of aromatic nitrogens is 2. The Hall–Kier alpha value is -1.86. The van der Waals surface area contributed by atoms with Crippen molar-refractivity contribution in [3.8, 4) is 0 Å². The summed E-state index contributed by atoms with van der Waals surface area (Å²) in [6.45, 7) is 2.36. The number of carboxylic acids is 1. The van der Waals surface area contributed by atoms with Crippen molar-refractivity contribution in [3.05, 3.63) is 16.8 Å². The van der Waals surface area contributed by atoms with Crippen LogP contribution in [0.5, 0.6) is 0 Å². The number of halogens is 3. The topological polar surface area (TPSA) is 66.3 Å². The van der Waals surface area contributed by atoms with Crippen LogP contribution in [0, 0.1) is 12.3 Å². The van der Waals surface area contributed by atoms with Crippen molar-refractivity contribution in [1.82, 2.24) is 10.2 Å². The molecule has 1 saturated carbocycles. The summed E-state index contributed by atoms with van der Waals surface area (Å²) in [5.41, 5.74) is -1.62. The van der Waals surface area contributed by atoms with Gasteiger partial charge in [0.1, 0.15) is 5.56 Å². The van der Waals surface area contributed by atoms with Crippen LogP contribution in [-0.4, -0.2) is 34.4 Å². The fraction of sp³-hybridized carbons (Fsp3) is 0.643. The van der Waals surface area contributed by atoms with Gasteiger partial charge in [-0.1, -0.05) is 0 Å². The van der Waals surface area contributed by atoms with E-state index in [0.717, 1.165) is 19.8 Å². The summed E-state index contributed by atoms with van der Waals surface area (Å²) in [6, 6.07) is 0. The van der Waals surface area contributed by atoms with Crippen molar-refractivity contribution >= 4 is 11.8 Å². The standard InChI is InChI=1S/C14H16F3N3O2/c1-8-9(12(21)22)11(19-18-10(8)14(15,16)17)20-6-4-13(2-3-13)5-7-20/h2-7H2,1H3,(H,21,22). The molecule has 3 rings (SSSR count). The fourth-order valence-electron chi connectivity index (χ4n) is 3.12. The molecule has 1 aliphatic heterocycles. The van der Waals surface area contributed by atoms with E-state index in [-0.39, 0.29) is 11.4 Å². The second-order valence-corrected chi connectivity index (χ2v) is 6.16. The Labute approximate surface area is 125 Å². The first-order valence-electron chi connectivity index (χ1n) is 7.16. The van der Waals surface area contributed by atoms with Gasteiger partial charge in [0.25, 0.3) is 0 Å². The van der Waals surface area contributed by atoms with Crippen molar-refractivity contribution < 1.29 is 23.1 Å². The summed E-state index contributed by atoms with van der Waals surface area (Å²) in [4.78, 5) is 13.2. The fourth-order valence-corrected chi connectivity index (χ4v) is 3.12. The Balaban J connectivity index is 1.97. The third-order valence-corrected chi connectivity index (χ3v) is 4.76. The molecular weight excluding hydrogens is 299 g/mol. The van der Waals surface area contributed by atoms with Crippen molar-refractivity contribution in [1.29, 1.82) is 0 Å². The number of anilines is 1. The molecule has 0 atom stereocenters. The van der Waals surface area contributed by atoms with Gasteiger partial charge >= 0.3 is 12.1 Å². The molecule has 120 valence electrons.